The molecule has 0 fully saturated rings. The van der Waals surface area contributed by atoms with Crippen LogP contribution < -0.4 is 25.9 Å². The van der Waals surface area contributed by atoms with E-state index in [0.717, 1.165) is 10.0 Å². The second kappa shape index (κ2) is 10.1. The number of rotatable bonds is 7. The van der Waals surface area contributed by atoms with Gasteiger partial charge in [-0.05, 0) is 70.1 Å². The van der Waals surface area contributed by atoms with E-state index in [-0.39, 0.29) is 17.6 Å². The molecule has 0 aromatic heterocycles. The Balaban J connectivity index is 1.97. The zero-order chi connectivity index (χ0) is 19.8. The number of hydrogen-bond acceptors (Lipinski definition) is 5. The average molecular weight is 472 g/mol. The molecule has 0 heterocycles. The van der Waals surface area contributed by atoms with Crippen LogP contribution in [0.1, 0.15) is 5.56 Å². The van der Waals surface area contributed by atoms with Crippen LogP contribution in [0.25, 0.3) is 0 Å². The van der Waals surface area contributed by atoms with Crippen LogP contribution in [0.5, 0.6) is 11.5 Å². The van der Waals surface area contributed by atoms with Crippen LogP contribution in [0, 0.1) is 0 Å². The van der Waals surface area contributed by atoms with Gasteiger partial charge in [0.05, 0.1) is 18.3 Å². The predicted molar refractivity (Wildman–Crippen MR) is 114 cm³/mol. The number of halogens is 2. The average Bonchev–Trinajstić information content (AvgIpc) is 2.63. The van der Waals surface area contributed by atoms with Crippen molar-refractivity contribution in [3.8, 4) is 11.5 Å². The summed E-state index contributed by atoms with van der Waals surface area (Å²) in [6.07, 6.45) is 1.52. The number of methoxy groups -OCH3 is 1. The lowest BCUT2D eigenvalue weighted by Gasteiger charge is -2.11. The summed E-state index contributed by atoms with van der Waals surface area (Å²) in [5.41, 5.74) is 9.05. The lowest BCUT2D eigenvalue weighted by atomic mass is 10.2. The second-order valence-electron chi connectivity index (χ2n) is 5.11. The van der Waals surface area contributed by atoms with E-state index < -0.39 is 0 Å². The molecule has 0 aliphatic carbocycles. The van der Waals surface area contributed by atoms with E-state index in [1.54, 1.807) is 36.4 Å². The van der Waals surface area contributed by atoms with E-state index in [9.17, 15) is 4.79 Å². The van der Waals surface area contributed by atoms with Crippen LogP contribution in [0.3, 0.4) is 0 Å². The molecule has 10 heteroatoms. The van der Waals surface area contributed by atoms with Crippen molar-refractivity contribution in [2.45, 2.75) is 0 Å². The molecule has 0 saturated carbocycles. The van der Waals surface area contributed by atoms with Gasteiger partial charge in [-0.2, -0.15) is 5.10 Å². The highest BCUT2D eigenvalue weighted by Crippen LogP contribution is 2.28. The number of carbonyl (C=O) groups excluding carboxylic acids is 1. The van der Waals surface area contributed by atoms with E-state index >= 15 is 0 Å². The first-order valence-corrected chi connectivity index (χ1v) is 9.11. The van der Waals surface area contributed by atoms with Crippen molar-refractivity contribution in [3.05, 3.63) is 51.5 Å². The van der Waals surface area contributed by atoms with Crippen molar-refractivity contribution in [3.63, 3.8) is 0 Å². The summed E-state index contributed by atoms with van der Waals surface area (Å²) in [6, 6.07) is 10.2. The van der Waals surface area contributed by atoms with Gasteiger partial charge in [0.2, 0.25) is 0 Å². The van der Waals surface area contributed by atoms with Gasteiger partial charge in [0, 0.05) is 10.2 Å². The first kappa shape index (κ1) is 20.9. The summed E-state index contributed by atoms with van der Waals surface area (Å²) < 4.78 is 11.6. The lowest BCUT2D eigenvalue weighted by Crippen LogP contribution is -2.24. The minimum Gasteiger partial charge on any atom is -0.493 e. The fraction of sp³-hybridized carbons (Fsp3) is 0.118. The van der Waals surface area contributed by atoms with Gasteiger partial charge in [0.15, 0.2) is 23.2 Å². The molecule has 27 heavy (non-hydrogen) atoms. The molecule has 4 N–H and O–H groups in total. The Bertz CT molecular complexity index is 879. The summed E-state index contributed by atoms with van der Waals surface area (Å²) in [4.78, 5) is 12.1. The maximum Gasteiger partial charge on any atom is 0.262 e. The second-order valence-corrected chi connectivity index (χ2v) is 6.81. The molecule has 0 aliphatic heterocycles. The molecule has 2 aromatic carbocycles. The van der Waals surface area contributed by atoms with Crippen LogP contribution in [0.4, 0.5) is 5.69 Å². The van der Waals surface area contributed by atoms with E-state index in [0.29, 0.717) is 22.2 Å². The summed E-state index contributed by atoms with van der Waals surface area (Å²) in [5.74, 6) is 0.538. The lowest BCUT2D eigenvalue weighted by molar-refractivity contribution is -0.118. The number of hydrogen-bond donors (Lipinski definition) is 3. The summed E-state index contributed by atoms with van der Waals surface area (Å²) in [7, 11) is 1.50. The molecular formula is C17H16BrClN4O3S. The van der Waals surface area contributed by atoms with E-state index in [2.05, 4.69) is 44.0 Å². The number of carbonyl (C=O) groups is 1. The first-order chi connectivity index (χ1) is 12.9. The smallest absolute Gasteiger partial charge is 0.262 e. The Kier molecular flexibility index (Phi) is 7.83. The Labute approximate surface area is 175 Å². The number of benzene rings is 2. The monoisotopic (exact) mass is 470 g/mol. The first-order valence-electron chi connectivity index (χ1n) is 7.53. The number of thiocarbonyl (C=S) groups is 1. The largest absolute Gasteiger partial charge is 0.493 e. The molecule has 7 nitrogen and oxygen atoms in total. The van der Waals surface area contributed by atoms with Crippen molar-refractivity contribution < 1.29 is 14.3 Å². The maximum atomic E-state index is 12.1. The molecule has 0 unspecified atom stereocenters. The molecule has 2 aromatic rings. The van der Waals surface area contributed by atoms with Crippen molar-refractivity contribution in [1.29, 1.82) is 0 Å². The molecule has 1 amide bonds. The van der Waals surface area contributed by atoms with Gasteiger partial charge < -0.3 is 20.5 Å². The van der Waals surface area contributed by atoms with Gasteiger partial charge >= 0.3 is 0 Å². The van der Waals surface area contributed by atoms with Crippen molar-refractivity contribution in [2.24, 2.45) is 10.8 Å². The minimum atomic E-state index is -0.332. The molecule has 0 spiro atoms. The third-order valence-electron chi connectivity index (χ3n) is 3.14. The van der Waals surface area contributed by atoms with Crippen LogP contribution in [-0.2, 0) is 4.79 Å². The Morgan fingerprint density at radius 1 is 1.33 bits per heavy atom. The van der Waals surface area contributed by atoms with Gasteiger partial charge in [-0.3, -0.25) is 10.2 Å². The van der Waals surface area contributed by atoms with Gasteiger partial charge in [-0.25, -0.2) is 0 Å². The van der Waals surface area contributed by atoms with Crippen LogP contribution in [-0.4, -0.2) is 31.0 Å². The molecule has 0 bridgehead atoms. The topological polar surface area (TPSA) is 98.0 Å². The van der Waals surface area contributed by atoms with Gasteiger partial charge in [-0.15, -0.1) is 0 Å². The number of hydrazone groups is 1. The van der Waals surface area contributed by atoms with Crippen LogP contribution in [0.15, 0.2) is 46.0 Å². The highest BCUT2D eigenvalue weighted by Gasteiger charge is 2.09. The molecule has 0 aliphatic rings. The highest BCUT2D eigenvalue weighted by atomic mass is 79.9. The minimum absolute atomic E-state index is 0.0660. The van der Waals surface area contributed by atoms with Gasteiger partial charge in [-0.1, -0.05) is 11.6 Å². The SMILES string of the molecule is COc1cc(/C=N/NC(N)=S)ccc1OCC(=O)Nc1ccc(Br)c(Cl)c1. The molecule has 0 radical (unpaired) electrons. The van der Waals surface area contributed by atoms with Crippen LogP contribution >= 0.6 is 39.7 Å². The Morgan fingerprint density at radius 3 is 2.78 bits per heavy atom. The van der Waals surface area contributed by atoms with Gasteiger partial charge in [0.25, 0.3) is 5.91 Å². The summed E-state index contributed by atoms with van der Waals surface area (Å²) in [6.45, 7) is -0.194. The Morgan fingerprint density at radius 2 is 2.11 bits per heavy atom. The zero-order valence-corrected chi connectivity index (χ0v) is 17.3. The number of nitrogens with zero attached hydrogens (tertiary/aromatic N) is 1. The number of amides is 1. The quantitative estimate of drug-likeness (QED) is 0.326. The highest BCUT2D eigenvalue weighted by molar-refractivity contribution is 9.10. The van der Waals surface area contributed by atoms with Crippen molar-refractivity contribution >= 4 is 62.7 Å². The van der Waals surface area contributed by atoms with Gasteiger partial charge in [0.1, 0.15) is 0 Å². The maximum absolute atomic E-state index is 12.1. The number of anilines is 1. The van der Waals surface area contributed by atoms with Crippen molar-refractivity contribution in [1.82, 2.24) is 5.43 Å². The molecule has 0 saturated heterocycles. The van der Waals surface area contributed by atoms with Crippen LogP contribution in [0.2, 0.25) is 5.02 Å². The molecular weight excluding hydrogens is 456 g/mol. The number of nitrogens with two attached hydrogens (primary N) is 1. The van der Waals surface area contributed by atoms with E-state index in [1.807, 2.05) is 0 Å². The summed E-state index contributed by atoms with van der Waals surface area (Å²) >= 11 is 14.0. The third-order valence-corrected chi connectivity index (χ3v) is 4.46. The molecule has 2 rings (SSSR count). The normalized spacial score (nSPS) is 10.5. The predicted octanol–water partition coefficient (Wildman–Crippen LogP) is 3.30. The third kappa shape index (κ3) is 6.70. The fourth-order valence-corrected chi connectivity index (χ4v) is 2.45. The summed E-state index contributed by atoms with van der Waals surface area (Å²) in [5, 5.41) is 7.13. The number of nitrogens with one attached hydrogen (secondary N) is 2. The molecule has 0 atom stereocenters. The zero-order valence-electron chi connectivity index (χ0n) is 14.2. The standard InChI is InChI=1S/C17H16BrClN4O3S/c1-25-15-6-10(8-21-23-17(20)27)2-5-14(15)26-9-16(24)22-11-3-4-12(18)13(19)7-11/h2-8H,9H2,1H3,(H,22,24)(H3,20,23,27)/b21-8+. The number of ether oxygens (including phenoxy) is 2. The fourth-order valence-electron chi connectivity index (χ4n) is 1.97. The van der Waals surface area contributed by atoms with E-state index in [1.165, 1.54) is 13.3 Å². The molecule has 142 valence electrons. The van der Waals surface area contributed by atoms with E-state index in [4.69, 9.17) is 26.8 Å². The van der Waals surface area contributed by atoms with Crippen molar-refractivity contribution in [2.75, 3.05) is 19.0 Å². The Hall–Kier alpha value is -2.36.